The van der Waals surface area contributed by atoms with Crippen LogP contribution in [0.5, 0.6) is 0 Å². The summed E-state index contributed by atoms with van der Waals surface area (Å²) in [4.78, 5) is 8.89. The van der Waals surface area contributed by atoms with Crippen LogP contribution in [0.1, 0.15) is 23.9 Å². The van der Waals surface area contributed by atoms with Gasteiger partial charge in [0.1, 0.15) is 17.5 Å². The van der Waals surface area contributed by atoms with Crippen molar-refractivity contribution in [1.29, 1.82) is 5.26 Å². The van der Waals surface area contributed by atoms with Crippen LogP contribution in [-0.4, -0.2) is 9.97 Å². The summed E-state index contributed by atoms with van der Waals surface area (Å²) in [6, 6.07) is 19.5. The molecule has 0 radical (unpaired) electrons. The normalized spacial score (nSPS) is 10.1. The third-order valence-electron chi connectivity index (χ3n) is 3.76. The van der Waals surface area contributed by atoms with Crippen LogP contribution >= 0.6 is 0 Å². The monoisotopic (exact) mass is 329 g/mol. The Bertz CT molecular complexity index is 927. The molecular formula is C20H19N5. The van der Waals surface area contributed by atoms with Crippen LogP contribution in [0.2, 0.25) is 0 Å². The van der Waals surface area contributed by atoms with Crippen molar-refractivity contribution >= 4 is 23.0 Å². The van der Waals surface area contributed by atoms with E-state index in [0.29, 0.717) is 17.2 Å². The molecular weight excluding hydrogens is 310 g/mol. The van der Waals surface area contributed by atoms with Gasteiger partial charge < -0.3 is 10.6 Å². The van der Waals surface area contributed by atoms with Crippen LogP contribution in [0.3, 0.4) is 0 Å². The zero-order valence-corrected chi connectivity index (χ0v) is 14.2. The molecule has 1 heterocycles. The average molecular weight is 329 g/mol. The van der Waals surface area contributed by atoms with E-state index in [1.807, 2.05) is 43.3 Å². The Labute approximate surface area is 147 Å². The van der Waals surface area contributed by atoms with E-state index in [0.717, 1.165) is 23.6 Å². The van der Waals surface area contributed by atoms with Gasteiger partial charge in [-0.2, -0.15) is 5.26 Å². The Hall–Kier alpha value is -3.39. The zero-order valence-electron chi connectivity index (χ0n) is 14.2. The van der Waals surface area contributed by atoms with E-state index >= 15 is 0 Å². The van der Waals surface area contributed by atoms with Crippen molar-refractivity contribution in [2.75, 3.05) is 10.6 Å². The van der Waals surface area contributed by atoms with Crippen LogP contribution in [-0.2, 0) is 6.42 Å². The average Bonchev–Trinajstić information content (AvgIpc) is 2.62. The number of rotatable bonds is 5. The molecule has 0 saturated carbocycles. The summed E-state index contributed by atoms with van der Waals surface area (Å²) < 4.78 is 0. The van der Waals surface area contributed by atoms with E-state index < -0.39 is 0 Å². The van der Waals surface area contributed by atoms with E-state index in [2.05, 4.69) is 39.7 Å². The lowest BCUT2D eigenvalue weighted by Gasteiger charge is -2.12. The number of para-hydroxylation sites is 1. The summed E-state index contributed by atoms with van der Waals surface area (Å²) in [5, 5.41) is 15.6. The summed E-state index contributed by atoms with van der Waals surface area (Å²) in [5.74, 6) is 2.07. The van der Waals surface area contributed by atoms with Crippen LogP contribution in [0, 0.1) is 18.3 Å². The number of hydrogen-bond acceptors (Lipinski definition) is 5. The number of aromatic nitrogens is 2. The van der Waals surface area contributed by atoms with Crippen molar-refractivity contribution in [3.8, 4) is 6.07 Å². The maximum absolute atomic E-state index is 9.02. The number of anilines is 4. The number of nitrogens with zero attached hydrogens (tertiary/aromatic N) is 3. The molecule has 1 aromatic heterocycles. The van der Waals surface area contributed by atoms with Gasteiger partial charge in [0.2, 0.25) is 0 Å². The smallest absolute Gasteiger partial charge is 0.136 e. The highest BCUT2D eigenvalue weighted by Crippen LogP contribution is 2.23. The van der Waals surface area contributed by atoms with Gasteiger partial charge in [-0.3, -0.25) is 0 Å². The fourth-order valence-electron chi connectivity index (χ4n) is 2.60. The third kappa shape index (κ3) is 4.12. The maximum atomic E-state index is 9.02. The molecule has 3 rings (SSSR count). The maximum Gasteiger partial charge on any atom is 0.136 e. The van der Waals surface area contributed by atoms with Gasteiger partial charge in [0, 0.05) is 17.4 Å². The SMILES string of the molecule is CCc1ccccc1Nc1cc(Nc2cccc(C#N)c2)nc(C)n1. The molecule has 0 aliphatic rings. The second-order valence-corrected chi connectivity index (χ2v) is 5.64. The summed E-state index contributed by atoms with van der Waals surface area (Å²) >= 11 is 0. The van der Waals surface area contributed by atoms with E-state index in [1.54, 1.807) is 12.1 Å². The standard InChI is InChI=1S/C20H19N5/c1-3-16-8-4-5-10-18(16)25-20-12-19(22-14(2)23-20)24-17-9-6-7-15(11-17)13-21/h4-12H,3H2,1-2H3,(H2,22,23,24,25). The second kappa shape index (κ2) is 7.45. The Kier molecular flexibility index (Phi) is 4.91. The number of aryl methyl sites for hydroxylation is 2. The van der Waals surface area contributed by atoms with Gasteiger partial charge >= 0.3 is 0 Å². The molecule has 0 fully saturated rings. The first-order valence-corrected chi connectivity index (χ1v) is 8.15. The van der Waals surface area contributed by atoms with Crippen LogP contribution in [0.4, 0.5) is 23.0 Å². The number of nitriles is 1. The number of hydrogen-bond donors (Lipinski definition) is 2. The minimum atomic E-state index is 0.603. The number of nitrogens with one attached hydrogen (secondary N) is 2. The lowest BCUT2D eigenvalue weighted by molar-refractivity contribution is 1.06. The molecule has 3 aromatic rings. The summed E-state index contributed by atoms with van der Waals surface area (Å²) in [5.41, 5.74) is 3.69. The molecule has 0 saturated heterocycles. The lowest BCUT2D eigenvalue weighted by atomic mass is 10.1. The molecule has 5 nitrogen and oxygen atoms in total. The Morgan fingerprint density at radius 3 is 2.48 bits per heavy atom. The molecule has 2 aromatic carbocycles. The molecule has 25 heavy (non-hydrogen) atoms. The largest absolute Gasteiger partial charge is 0.340 e. The summed E-state index contributed by atoms with van der Waals surface area (Å²) in [7, 11) is 0. The van der Waals surface area contributed by atoms with Crippen molar-refractivity contribution in [3.63, 3.8) is 0 Å². The molecule has 0 atom stereocenters. The van der Waals surface area contributed by atoms with Crippen molar-refractivity contribution < 1.29 is 0 Å². The highest BCUT2D eigenvalue weighted by Gasteiger charge is 2.06. The number of benzene rings is 2. The predicted octanol–water partition coefficient (Wildman–Crippen LogP) is 4.71. The summed E-state index contributed by atoms with van der Waals surface area (Å²) in [6.45, 7) is 3.98. The van der Waals surface area contributed by atoms with Crippen molar-refractivity contribution in [2.45, 2.75) is 20.3 Å². The molecule has 124 valence electrons. The van der Waals surface area contributed by atoms with Crippen molar-refractivity contribution in [2.24, 2.45) is 0 Å². The molecule has 0 amide bonds. The first-order valence-electron chi connectivity index (χ1n) is 8.15. The Morgan fingerprint density at radius 2 is 1.72 bits per heavy atom. The summed E-state index contributed by atoms with van der Waals surface area (Å²) in [6.07, 6.45) is 0.944. The molecule has 0 aliphatic heterocycles. The first-order chi connectivity index (χ1) is 12.2. The van der Waals surface area contributed by atoms with E-state index in [4.69, 9.17) is 5.26 Å². The van der Waals surface area contributed by atoms with E-state index in [9.17, 15) is 0 Å². The molecule has 5 heteroatoms. The fraction of sp³-hybridized carbons (Fsp3) is 0.150. The van der Waals surface area contributed by atoms with Crippen LogP contribution in [0.15, 0.2) is 54.6 Å². The minimum absolute atomic E-state index is 0.603. The van der Waals surface area contributed by atoms with E-state index in [1.165, 1.54) is 5.56 Å². The Morgan fingerprint density at radius 1 is 0.960 bits per heavy atom. The molecule has 0 unspecified atom stereocenters. The van der Waals surface area contributed by atoms with E-state index in [-0.39, 0.29) is 0 Å². The quantitative estimate of drug-likeness (QED) is 0.709. The van der Waals surface area contributed by atoms with Crippen molar-refractivity contribution in [1.82, 2.24) is 9.97 Å². The van der Waals surface area contributed by atoms with Gasteiger partial charge in [-0.25, -0.2) is 9.97 Å². The van der Waals surface area contributed by atoms with Gasteiger partial charge in [-0.05, 0) is 43.2 Å². The van der Waals surface area contributed by atoms with Crippen LogP contribution in [0.25, 0.3) is 0 Å². The second-order valence-electron chi connectivity index (χ2n) is 5.64. The van der Waals surface area contributed by atoms with Gasteiger partial charge in [0.05, 0.1) is 11.6 Å². The first kappa shape index (κ1) is 16.5. The highest BCUT2D eigenvalue weighted by molar-refractivity contribution is 5.65. The van der Waals surface area contributed by atoms with Crippen molar-refractivity contribution in [3.05, 3.63) is 71.5 Å². The highest BCUT2D eigenvalue weighted by atomic mass is 15.1. The minimum Gasteiger partial charge on any atom is -0.340 e. The topological polar surface area (TPSA) is 73.6 Å². The van der Waals surface area contributed by atoms with Gasteiger partial charge in [0.25, 0.3) is 0 Å². The predicted molar refractivity (Wildman–Crippen MR) is 100 cm³/mol. The molecule has 0 aliphatic carbocycles. The van der Waals surface area contributed by atoms with Gasteiger partial charge in [-0.1, -0.05) is 31.2 Å². The molecule has 0 spiro atoms. The van der Waals surface area contributed by atoms with Gasteiger partial charge in [0.15, 0.2) is 0 Å². The van der Waals surface area contributed by atoms with Gasteiger partial charge in [-0.15, -0.1) is 0 Å². The molecule has 2 N–H and O–H groups in total. The fourth-order valence-corrected chi connectivity index (χ4v) is 2.60. The zero-order chi connectivity index (χ0) is 17.6. The lowest BCUT2D eigenvalue weighted by Crippen LogP contribution is -2.02. The Balaban J connectivity index is 1.86. The molecule has 0 bridgehead atoms. The van der Waals surface area contributed by atoms with Crippen LogP contribution < -0.4 is 10.6 Å². The third-order valence-corrected chi connectivity index (χ3v) is 3.76.